The number of hydrogen-bond acceptors (Lipinski definition) is 8. The first-order valence-electron chi connectivity index (χ1n) is 10.5. The van der Waals surface area contributed by atoms with Gasteiger partial charge in [-0.1, -0.05) is 39.3 Å². The summed E-state index contributed by atoms with van der Waals surface area (Å²) in [5.41, 5.74) is -1.03. The topological polar surface area (TPSA) is 140 Å². The molecule has 3 aliphatic rings. The Morgan fingerprint density at radius 1 is 1.17 bits per heavy atom. The van der Waals surface area contributed by atoms with Gasteiger partial charge in [0.1, 0.15) is 24.4 Å². The van der Waals surface area contributed by atoms with E-state index in [-0.39, 0.29) is 5.92 Å². The van der Waals surface area contributed by atoms with Gasteiger partial charge < -0.3 is 40.1 Å². The van der Waals surface area contributed by atoms with E-state index < -0.39 is 66.5 Å². The molecule has 0 aromatic heterocycles. The van der Waals surface area contributed by atoms with Gasteiger partial charge in [0.2, 0.25) is 0 Å². The highest BCUT2D eigenvalue weighted by Crippen LogP contribution is 2.55. The second-order valence-corrected chi connectivity index (χ2v) is 9.54. The molecule has 1 saturated heterocycles. The van der Waals surface area contributed by atoms with Gasteiger partial charge in [0.15, 0.2) is 6.29 Å². The number of hydrogen-bond donors (Lipinski definition) is 6. The molecule has 8 nitrogen and oxygen atoms in total. The van der Waals surface area contributed by atoms with Gasteiger partial charge in [0, 0.05) is 11.3 Å². The maximum Gasteiger partial charge on any atom is 0.186 e. The highest BCUT2D eigenvalue weighted by Gasteiger charge is 2.60. The number of ether oxygens (including phenoxy) is 2. The van der Waals surface area contributed by atoms with E-state index in [1.54, 1.807) is 0 Å². The fourth-order valence-electron chi connectivity index (χ4n) is 5.16. The first-order chi connectivity index (χ1) is 13.5. The van der Waals surface area contributed by atoms with Crippen molar-refractivity contribution in [2.24, 2.45) is 17.3 Å². The zero-order valence-corrected chi connectivity index (χ0v) is 17.6. The molecule has 0 spiro atoms. The van der Waals surface area contributed by atoms with Crippen LogP contribution >= 0.6 is 0 Å². The van der Waals surface area contributed by atoms with Crippen molar-refractivity contribution in [3.8, 4) is 0 Å². The van der Waals surface area contributed by atoms with Crippen molar-refractivity contribution in [2.75, 3.05) is 6.61 Å². The van der Waals surface area contributed by atoms with E-state index in [4.69, 9.17) is 9.47 Å². The van der Waals surface area contributed by atoms with Crippen LogP contribution in [0.4, 0.5) is 0 Å². The number of rotatable bonds is 4. The highest BCUT2D eigenvalue weighted by atomic mass is 16.7. The van der Waals surface area contributed by atoms with Crippen LogP contribution in [0, 0.1) is 17.3 Å². The lowest BCUT2D eigenvalue weighted by atomic mass is 9.52. The molecule has 6 N–H and O–H groups in total. The molecule has 0 bridgehead atoms. The van der Waals surface area contributed by atoms with Crippen molar-refractivity contribution in [1.82, 2.24) is 0 Å². The largest absolute Gasteiger partial charge is 0.394 e. The molecule has 168 valence electrons. The second-order valence-electron chi connectivity index (χ2n) is 9.54. The smallest absolute Gasteiger partial charge is 0.186 e. The van der Waals surface area contributed by atoms with Crippen LogP contribution in [0.2, 0.25) is 0 Å². The maximum atomic E-state index is 11.7. The van der Waals surface area contributed by atoms with E-state index in [1.807, 2.05) is 33.8 Å². The Bertz CT molecular complexity index is 622. The monoisotopic (exact) mass is 416 g/mol. The summed E-state index contributed by atoms with van der Waals surface area (Å²) < 4.78 is 11.4. The maximum absolute atomic E-state index is 11.7. The lowest BCUT2D eigenvalue weighted by Gasteiger charge is -2.58. The predicted octanol–water partition coefficient (Wildman–Crippen LogP) is -0.314. The van der Waals surface area contributed by atoms with Gasteiger partial charge >= 0.3 is 0 Å². The van der Waals surface area contributed by atoms with E-state index in [2.05, 4.69) is 0 Å². The lowest BCUT2D eigenvalue weighted by Crippen LogP contribution is -2.65. The molecule has 2 aliphatic carbocycles. The third-order valence-electron chi connectivity index (χ3n) is 7.58. The zero-order chi connectivity index (χ0) is 21.7. The molecule has 3 rings (SSSR count). The Balaban J connectivity index is 1.84. The van der Waals surface area contributed by atoms with Gasteiger partial charge in [-0.25, -0.2) is 0 Å². The van der Waals surface area contributed by atoms with Crippen molar-refractivity contribution in [3.05, 3.63) is 11.6 Å². The van der Waals surface area contributed by atoms with Crippen LogP contribution < -0.4 is 0 Å². The molecule has 1 saturated carbocycles. The van der Waals surface area contributed by atoms with Gasteiger partial charge in [-0.2, -0.15) is 0 Å². The molecule has 0 amide bonds. The summed E-state index contributed by atoms with van der Waals surface area (Å²) in [5, 5.41) is 62.2. The van der Waals surface area contributed by atoms with Gasteiger partial charge in [-0.05, 0) is 25.2 Å². The van der Waals surface area contributed by atoms with Crippen LogP contribution in [-0.4, -0.2) is 85.8 Å². The SMILES string of the molecule is CC(C)C1=CC2(O)C(C)C(OC3OC(CO)C(O)C(O)C3O)CCC2(C)C(O)C1. The number of aliphatic hydroxyl groups excluding tert-OH is 5. The van der Waals surface area contributed by atoms with E-state index in [9.17, 15) is 30.6 Å². The minimum atomic E-state index is -1.51. The summed E-state index contributed by atoms with van der Waals surface area (Å²) in [6.07, 6.45) is -4.48. The molecular weight excluding hydrogens is 380 g/mol. The second kappa shape index (κ2) is 8.16. The Morgan fingerprint density at radius 3 is 2.41 bits per heavy atom. The molecule has 0 radical (unpaired) electrons. The quantitative estimate of drug-likeness (QED) is 0.343. The first kappa shape index (κ1) is 23.1. The number of aliphatic hydroxyl groups is 6. The third-order valence-corrected chi connectivity index (χ3v) is 7.58. The standard InChI is InChI=1S/C21H36O8/c1-10(2)12-7-15(23)20(4)6-5-13(11(3)21(20,27)8-12)28-19-18(26)17(25)16(24)14(9-22)29-19/h8,10-11,13-19,22-27H,5-7,9H2,1-4H3. The van der Waals surface area contributed by atoms with Crippen molar-refractivity contribution in [2.45, 2.75) is 95.5 Å². The van der Waals surface area contributed by atoms with Gasteiger partial charge in [-0.15, -0.1) is 0 Å². The van der Waals surface area contributed by atoms with Crippen LogP contribution in [0.5, 0.6) is 0 Å². The molecule has 29 heavy (non-hydrogen) atoms. The number of fused-ring (bicyclic) bond motifs is 1. The van der Waals surface area contributed by atoms with Crippen molar-refractivity contribution in [1.29, 1.82) is 0 Å². The van der Waals surface area contributed by atoms with E-state index in [0.29, 0.717) is 19.3 Å². The minimum Gasteiger partial charge on any atom is -0.394 e. The van der Waals surface area contributed by atoms with E-state index in [0.717, 1.165) is 5.57 Å². The summed E-state index contributed by atoms with van der Waals surface area (Å²) in [5.74, 6) is -0.227. The molecule has 8 heteroatoms. The lowest BCUT2D eigenvalue weighted by molar-refractivity contribution is -0.326. The normalized spacial score (nSPS) is 50.9. The first-order valence-corrected chi connectivity index (χ1v) is 10.5. The van der Waals surface area contributed by atoms with Crippen molar-refractivity contribution < 1.29 is 40.1 Å². The van der Waals surface area contributed by atoms with Crippen LogP contribution in [0.25, 0.3) is 0 Å². The Morgan fingerprint density at radius 2 is 1.83 bits per heavy atom. The van der Waals surface area contributed by atoms with Gasteiger partial charge in [-0.3, -0.25) is 0 Å². The molecule has 1 aliphatic heterocycles. The molecule has 0 aromatic carbocycles. The summed E-state index contributed by atoms with van der Waals surface area (Å²) >= 11 is 0. The van der Waals surface area contributed by atoms with Crippen LogP contribution in [0.3, 0.4) is 0 Å². The van der Waals surface area contributed by atoms with Crippen molar-refractivity contribution >= 4 is 0 Å². The Labute approximate surface area is 171 Å². The average molecular weight is 417 g/mol. The summed E-state index contributed by atoms with van der Waals surface area (Å²) in [4.78, 5) is 0. The van der Waals surface area contributed by atoms with Gasteiger partial charge in [0.25, 0.3) is 0 Å². The summed E-state index contributed by atoms with van der Waals surface area (Å²) in [6, 6.07) is 0. The predicted molar refractivity (Wildman–Crippen MR) is 104 cm³/mol. The Hall–Kier alpha value is -0.580. The summed E-state index contributed by atoms with van der Waals surface area (Å²) in [7, 11) is 0. The fourth-order valence-corrected chi connectivity index (χ4v) is 5.16. The van der Waals surface area contributed by atoms with Crippen LogP contribution in [0.1, 0.15) is 47.0 Å². The Kier molecular flexibility index (Phi) is 6.50. The zero-order valence-electron chi connectivity index (χ0n) is 17.6. The van der Waals surface area contributed by atoms with Gasteiger partial charge in [0.05, 0.1) is 24.4 Å². The molecular formula is C21H36O8. The highest BCUT2D eigenvalue weighted by molar-refractivity contribution is 5.28. The molecule has 10 atom stereocenters. The third kappa shape index (κ3) is 3.68. The molecule has 1 heterocycles. The van der Waals surface area contributed by atoms with E-state index >= 15 is 0 Å². The minimum absolute atomic E-state index is 0.192. The fraction of sp³-hybridized carbons (Fsp3) is 0.905. The summed E-state index contributed by atoms with van der Waals surface area (Å²) in [6.45, 7) is 7.27. The molecule has 2 fully saturated rings. The molecule has 10 unspecified atom stereocenters. The van der Waals surface area contributed by atoms with E-state index in [1.165, 1.54) is 0 Å². The molecule has 0 aromatic rings. The van der Waals surface area contributed by atoms with Crippen LogP contribution in [-0.2, 0) is 9.47 Å². The van der Waals surface area contributed by atoms with Crippen molar-refractivity contribution in [3.63, 3.8) is 0 Å². The van der Waals surface area contributed by atoms with Crippen LogP contribution in [0.15, 0.2) is 11.6 Å². The average Bonchev–Trinajstić information content (AvgIpc) is 2.67.